The Balaban J connectivity index is 1.85. The summed E-state index contributed by atoms with van der Waals surface area (Å²) in [6, 6.07) is 1.48. The van der Waals surface area contributed by atoms with E-state index in [1.165, 1.54) is 6.26 Å². The lowest BCUT2D eigenvalue weighted by molar-refractivity contribution is -0.0690. The molecule has 19 heavy (non-hydrogen) atoms. The number of nitrogens with zero attached hydrogens (tertiary/aromatic N) is 1. The molecule has 0 radical (unpaired) electrons. The minimum Gasteiger partial charge on any atom is -0.367 e. The van der Waals surface area contributed by atoms with Gasteiger partial charge in [0.25, 0.3) is 0 Å². The Morgan fingerprint density at radius 3 is 2.74 bits per heavy atom. The zero-order valence-corrected chi connectivity index (χ0v) is 11.8. The fraction of sp³-hybridized carbons (Fsp3) is 0.692. The quantitative estimate of drug-likeness (QED) is 0.875. The lowest BCUT2D eigenvalue weighted by atomic mass is 9.95. The van der Waals surface area contributed by atoms with Crippen molar-refractivity contribution in [3.05, 3.63) is 18.0 Å². The number of carbonyl (C=O) groups excluding carboxylic acids is 1. The van der Waals surface area contributed by atoms with Crippen LogP contribution < -0.4 is 10.6 Å². The predicted molar refractivity (Wildman–Crippen MR) is 69.5 cm³/mol. The molecule has 1 saturated heterocycles. The SMILES string of the molecule is CC1(C)C[C@H](NC(=O)NCc2ccon2)C(C)(C)O1. The highest BCUT2D eigenvalue weighted by Crippen LogP contribution is 2.37. The smallest absolute Gasteiger partial charge is 0.315 e. The van der Waals surface area contributed by atoms with Crippen LogP contribution in [-0.4, -0.2) is 28.4 Å². The fourth-order valence-electron chi connectivity index (χ4n) is 2.50. The van der Waals surface area contributed by atoms with Crippen molar-refractivity contribution >= 4 is 6.03 Å². The van der Waals surface area contributed by atoms with E-state index in [0.717, 1.165) is 6.42 Å². The Morgan fingerprint density at radius 2 is 2.21 bits per heavy atom. The third-order valence-electron chi connectivity index (χ3n) is 3.30. The fourth-order valence-corrected chi connectivity index (χ4v) is 2.50. The number of hydrogen-bond acceptors (Lipinski definition) is 4. The summed E-state index contributed by atoms with van der Waals surface area (Å²) in [6.07, 6.45) is 2.27. The largest absolute Gasteiger partial charge is 0.367 e. The predicted octanol–water partition coefficient (Wildman–Crippen LogP) is 1.82. The molecule has 1 aromatic heterocycles. The van der Waals surface area contributed by atoms with E-state index < -0.39 is 0 Å². The molecule has 0 aliphatic carbocycles. The molecular formula is C13H21N3O3. The van der Waals surface area contributed by atoms with Gasteiger partial charge in [0.15, 0.2) is 0 Å². The summed E-state index contributed by atoms with van der Waals surface area (Å²) in [6.45, 7) is 8.39. The first kappa shape index (κ1) is 13.9. The molecule has 1 aromatic rings. The number of nitrogens with one attached hydrogen (secondary N) is 2. The maximum absolute atomic E-state index is 11.9. The molecule has 2 rings (SSSR count). The maximum Gasteiger partial charge on any atom is 0.315 e. The van der Waals surface area contributed by atoms with Crippen molar-refractivity contribution in [2.75, 3.05) is 0 Å². The van der Waals surface area contributed by atoms with Crippen LogP contribution in [0.2, 0.25) is 0 Å². The van der Waals surface area contributed by atoms with Gasteiger partial charge in [0.05, 0.1) is 23.8 Å². The highest BCUT2D eigenvalue weighted by Gasteiger charge is 2.46. The molecule has 1 aliphatic heterocycles. The molecule has 1 fully saturated rings. The molecule has 2 heterocycles. The van der Waals surface area contributed by atoms with Gasteiger partial charge in [-0.25, -0.2) is 4.79 Å². The van der Waals surface area contributed by atoms with E-state index in [1.54, 1.807) is 6.07 Å². The van der Waals surface area contributed by atoms with E-state index in [1.807, 2.05) is 27.7 Å². The minimum absolute atomic E-state index is 0.0141. The van der Waals surface area contributed by atoms with Gasteiger partial charge < -0.3 is 19.9 Å². The van der Waals surface area contributed by atoms with Crippen molar-refractivity contribution < 1.29 is 14.1 Å². The number of urea groups is 1. The van der Waals surface area contributed by atoms with Gasteiger partial charge in [0, 0.05) is 6.07 Å². The Morgan fingerprint density at radius 1 is 1.47 bits per heavy atom. The van der Waals surface area contributed by atoms with Crippen LogP contribution in [-0.2, 0) is 11.3 Å². The van der Waals surface area contributed by atoms with Crippen molar-refractivity contribution in [3.63, 3.8) is 0 Å². The third kappa shape index (κ3) is 3.47. The van der Waals surface area contributed by atoms with E-state index in [-0.39, 0.29) is 23.3 Å². The number of ether oxygens (including phenoxy) is 1. The molecule has 0 saturated carbocycles. The van der Waals surface area contributed by atoms with Crippen LogP contribution in [0.15, 0.2) is 16.9 Å². The van der Waals surface area contributed by atoms with Gasteiger partial charge in [0.2, 0.25) is 0 Å². The molecule has 2 amide bonds. The first-order valence-corrected chi connectivity index (χ1v) is 6.42. The normalized spacial score (nSPS) is 24.1. The summed E-state index contributed by atoms with van der Waals surface area (Å²) in [5.74, 6) is 0. The Kier molecular flexibility index (Phi) is 3.54. The van der Waals surface area contributed by atoms with Gasteiger partial charge in [-0.2, -0.15) is 0 Å². The number of hydrogen-bond donors (Lipinski definition) is 2. The first-order valence-electron chi connectivity index (χ1n) is 6.42. The highest BCUT2D eigenvalue weighted by atomic mass is 16.5. The van der Waals surface area contributed by atoms with Crippen molar-refractivity contribution in [1.82, 2.24) is 15.8 Å². The van der Waals surface area contributed by atoms with Crippen molar-refractivity contribution in [1.29, 1.82) is 0 Å². The molecule has 1 aliphatic rings. The van der Waals surface area contributed by atoms with E-state index in [0.29, 0.717) is 12.2 Å². The van der Waals surface area contributed by atoms with Crippen LogP contribution in [0.1, 0.15) is 39.8 Å². The zero-order chi connectivity index (χ0) is 14.1. The number of carbonyl (C=O) groups is 1. The monoisotopic (exact) mass is 267 g/mol. The van der Waals surface area contributed by atoms with Crippen LogP contribution in [0.25, 0.3) is 0 Å². The Hall–Kier alpha value is -1.56. The van der Waals surface area contributed by atoms with Crippen LogP contribution >= 0.6 is 0 Å². The first-order chi connectivity index (χ1) is 8.78. The van der Waals surface area contributed by atoms with E-state index in [9.17, 15) is 4.79 Å². The molecule has 0 bridgehead atoms. The summed E-state index contributed by atoms with van der Waals surface area (Å²) in [4.78, 5) is 11.9. The maximum atomic E-state index is 11.9. The molecule has 6 heteroatoms. The Labute approximate surface area is 112 Å². The molecule has 0 aromatic carbocycles. The average molecular weight is 267 g/mol. The third-order valence-corrected chi connectivity index (χ3v) is 3.30. The summed E-state index contributed by atoms with van der Waals surface area (Å²) < 4.78 is 10.6. The molecule has 0 spiro atoms. The van der Waals surface area contributed by atoms with E-state index in [4.69, 9.17) is 9.26 Å². The van der Waals surface area contributed by atoms with Gasteiger partial charge in [-0.15, -0.1) is 0 Å². The molecule has 106 valence electrons. The minimum atomic E-state index is -0.366. The Bertz CT molecular complexity index is 440. The average Bonchev–Trinajstić information content (AvgIpc) is 2.82. The van der Waals surface area contributed by atoms with Crippen LogP contribution in [0.3, 0.4) is 0 Å². The number of rotatable bonds is 3. The summed E-state index contributed by atoms with van der Waals surface area (Å²) in [5.41, 5.74) is 0.111. The molecular weight excluding hydrogens is 246 g/mol. The van der Waals surface area contributed by atoms with E-state index >= 15 is 0 Å². The van der Waals surface area contributed by atoms with E-state index in [2.05, 4.69) is 15.8 Å². The van der Waals surface area contributed by atoms with Crippen molar-refractivity contribution in [2.45, 2.75) is 57.9 Å². The van der Waals surface area contributed by atoms with Crippen LogP contribution in [0.4, 0.5) is 4.79 Å². The van der Waals surface area contributed by atoms with Crippen LogP contribution in [0, 0.1) is 0 Å². The molecule has 2 N–H and O–H groups in total. The van der Waals surface area contributed by atoms with Gasteiger partial charge in [-0.3, -0.25) is 0 Å². The second-order valence-electron chi connectivity index (χ2n) is 6.04. The lowest BCUT2D eigenvalue weighted by Gasteiger charge is -2.27. The van der Waals surface area contributed by atoms with Crippen molar-refractivity contribution in [3.8, 4) is 0 Å². The van der Waals surface area contributed by atoms with Crippen molar-refractivity contribution in [2.24, 2.45) is 0 Å². The zero-order valence-electron chi connectivity index (χ0n) is 11.8. The second-order valence-corrected chi connectivity index (χ2v) is 6.04. The molecule has 1 atom stereocenters. The van der Waals surface area contributed by atoms with Crippen LogP contribution in [0.5, 0.6) is 0 Å². The lowest BCUT2D eigenvalue weighted by Crippen LogP contribution is -2.49. The number of aromatic nitrogens is 1. The van der Waals surface area contributed by atoms with Gasteiger partial charge >= 0.3 is 6.03 Å². The molecule has 6 nitrogen and oxygen atoms in total. The van der Waals surface area contributed by atoms with Gasteiger partial charge in [-0.05, 0) is 34.1 Å². The standard InChI is InChI=1S/C13H21N3O3/c1-12(2)7-10(13(3,4)19-12)15-11(17)14-8-9-5-6-18-16-9/h5-6,10H,7-8H2,1-4H3,(H2,14,15,17)/t10-/m0/s1. The highest BCUT2D eigenvalue weighted by molar-refractivity contribution is 5.74. The molecule has 0 unspecified atom stereocenters. The van der Waals surface area contributed by atoms with Gasteiger partial charge in [0.1, 0.15) is 12.0 Å². The summed E-state index contributed by atoms with van der Waals surface area (Å²) in [5, 5.41) is 9.43. The topological polar surface area (TPSA) is 76.4 Å². The second kappa shape index (κ2) is 4.85. The summed E-state index contributed by atoms with van der Waals surface area (Å²) >= 11 is 0. The van der Waals surface area contributed by atoms with Gasteiger partial charge in [-0.1, -0.05) is 5.16 Å². The summed E-state index contributed by atoms with van der Waals surface area (Å²) in [7, 11) is 0. The number of amides is 2.